The van der Waals surface area contributed by atoms with E-state index in [2.05, 4.69) is 51.3 Å². The average Bonchev–Trinajstić information content (AvgIpc) is 3.37. The summed E-state index contributed by atoms with van der Waals surface area (Å²) in [4.78, 5) is 43.6. The molecule has 9 nitrogen and oxygen atoms in total. The van der Waals surface area contributed by atoms with Crippen LogP contribution < -0.4 is 15.0 Å². The second kappa shape index (κ2) is 15.9. The Balaban J connectivity index is 1.94. The molecule has 0 radical (unpaired) electrons. The second-order valence-corrected chi connectivity index (χ2v) is 18.1. The van der Waals surface area contributed by atoms with Crippen LogP contribution in [0.25, 0.3) is 0 Å². The van der Waals surface area contributed by atoms with E-state index in [9.17, 15) is 14.4 Å². The van der Waals surface area contributed by atoms with Gasteiger partial charge in [-0.1, -0.05) is 51.5 Å². The molecule has 0 aromatic heterocycles. The van der Waals surface area contributed by atoms with Gasteiger partial charge in [-0.05, 0) is 74.9 Å². The lowest BCUT2D eigenvalue weighted by molar-refractivity contribution is -0.824. The molecule has 0 spiro atoms. The Hall–Kier alpha value is -2.69. The van der Waals surface area contributed by atoms with E-state index < -0.39 is 26.4 Å². The van der Waals surface area contributed by atoms with Gasteiger partial charge in [0.15, 0.2) is 14.4 Å². The summed E-state index contributed by atoms with van der Waals surface area (Å²) in [5.74, 6) is 0.0226. The Morgan fingerprint density at radius 2 is 1.77 bits per heavy atom. The average molecular weight is 617 g/mol. The molecule has 0 saturated carbocycles. The molecule has 1 aromatic carbocycles. The highest BCUT2D eigenvalue weighted by atomic mass is 28.4. The highest BCUT2D eigenvalue weighted by molar-refractivity contribution is 6.74. The smallest absolute Gasteiger partial charge is 0.418 e. The number of nitrogens with zero attached hydrogens (tertiary/aromatic N) is 1. The number of rotatable bonds is 7. The number of benzene rings is 1. The van der Waals surface area contributed by atoms with Gasteiger partial charge in [0.2, 0.25) is 0 Å². The quantitative estimate of drug-likeness (QED) is 0.264. The summed E-state index contributed by atoms with van der Waals surface area (Å²) in [5, 5.41) is 2.96. The number of fused-ring (bicyclic) bond motifs is 1. The number of amides is 3. The zero-order valence-electron chi connectivity index (χ0n) is 27.4. The fraction of sp³-hybridized carbons (Fsp3) is 0.667. The summed E-state index contributed by atoms with van der Waals surface area (Å²) in [5.41, 5.74) is 1.00. The van der Waals surface area contributed by atoms with Crippen LogP contribution in [-0.4, -0.2) is 76.1 Å². The third-order valence-corrected chi connectivity index (χ3v) is 13.6. The van der Waals surface area contributed by atoms with Gasteiger partial charge >= 0.3 is 12.0 Å². The fourth-order valence-corrected chi connectivity index (χ4v) is 6.84. The van der Waals surface area contributed by atoms with E-state index >= 15 is 0 Å². The van der Waals surface area contributed by atoms with Crippen LogP contribution in [0.3, 0.4) is 0 Å². The van der Waals surface area contributed by atoms with E-state index in [-0.39, 0.29) is 29.7 Å². The monoisotopic (exact) mass is 616 g/mol. The predicted molar refractivity (Wildman–Crippen MR) is 171 cm³/mol. The lowest BCUT2D eigenvalue weighted by atomic mass is 10.1. The van der Waals surface area contributed by atoms with Crippen molar-refractivity contribution in [3.05, 3.63) is 42.0 Å². The molecule has 3 rings (SSSR count). The van der Waals surface area contributed by atoms with Gasteiger partial charge < -0.3 is 19.2 Å². The maximum atomic E-state index is 14.4. The van der Waals surface area contributed by atoms with E-state index in [4.69, 9.17) is 13.9 Å². The molecule has 43 heavy (non-hydrogen) atoms. The van der Waals surface area contributed by atoms with Crippen molar-refractivity contribution in [2.75, 3.05) is 26.8 Å². The molecule has 10 heteroatoms. The SMILES string of the molecule is CCOC(=O)C1CCC=CCCCCCN(Cc2ccc(OC)cc2)C(=O)[NH+]2CC(O[Si](C)(C)C(C)(C)C)CC2C(=O)N1. The Labute approximate surface area is 259 Å². The Kier molecular flexibility index (Phi) is 12.8. The number of methoxy groups -OCH3 is 1. The molecule has 2 heterocycles. The number of esters is 1. The molecular weight excluding hydrogens is 562 g/mol. The van der Waals surface area contributed by atoms with E-state index in [1.807, 2.05) is 29.2 Å². The van der Waals surface area contributed by atoms with Crippen molar-refractivity contribution in [1.29, 1.82) is 0 Å². The lowest BCUT2D eigenvalue weighted by Crippen LogP contribution is -3.19. The van der Waals surface area contributed by atoms with Gasteiger partial charge in [-0.25, -0.2) is 14.5 Å². The molecule has 3 amide bonds. The first-order valence-corrected chi connectivity index (χ1v) is 18.8. The van der Waals surface area contributed by atoms with E-state index in [0.717, 1.165) is 37.0 Å². The Morgan fingerprint density at radius 3 is 2.42 bits per heavy atom. The number of carbonyl (C=O) groups excluding carboxylic acids is 3. The van der Waals surface area contributed by atoms with Gasteiger partial charge in [0.25, 0.3) is 5.91 Å². The first-order valence-electron chi connectivity index (χ1n) is 15.9. The van der Waals surface area contributed by atoms with Crippen molar-refractivity contribution in [3.63, 3.8) is 0 Å². The molecule has 1 fully saturated rings. The number of hydrogen-bond acceptors (Lipinski definition) is 6. The molecule has 2 N–H and O–H groups in total. The standard InChI is InChI=1S/C33H53N3O6Si/c1-8-41-31(38)28-16-14-12-10-9-11-13-15-21-35(23-25-17-19-26(40-5)20-18-25)32(39)36-24-27(22-29(36)30(37)34-28)42-43(6,7)33(2,3)4/h10,12,17-20,27-29H,8-9,11,13-16,21-24H2,1-7H3,(H,34,37)/p+1. The molecule has 4 unspecified atom stereocenters. The van der Waals surface area contributed by atoms with Crippen molar-refractivity contribution >= 4 is 26.2 Å². The van der Waals surface area contributed by atoms with E-state index in [1.165, 1.54) is 0 Å². The molecule has 1 aromatic rings. The Bertz CT molecular complexity index is 1100. The molecule has 2 aliphatic rings. The van der Waals surface area contributed by atoms with E-state index in [0.29, 0.717) is 43.8 Å². The van der Waals surface area contributed by atoms with Gasteiger partial charge in [-0.3, -0.25) is 9.69 Å². The molecule has 2 aliphatic heterocycles. The zero-order chi connectivity index (χ0) is 31.6. The van der Waals surface area contributed by atoms with Crippen LogP contribution in [0, 0.1) is 0 Å². The van der Waals surface area contributed by atoms with Crippen LogP contribution >= 0.6 is 0 Å². The van der Waals surface area contributed by atoms with Crippen LogP contribution in [0.1, 0.15) is 78.2 Å². The third-order valence-electron chi connectivity index (χ3n) is 9.02. The summed E-state index contributed by atoms with van der Waals surface area (Å²) in [6.45, 7) is 14.4. The van der Waals surface area contributed by atoms with Crippen molar-refractivity contribution < 1.29 is 33.2 Å². The number of quaternary nitrogens is 1. The minimum absolute atomic E-state index is 0.00723. The highest BCUT2D eigenvalue weighted by Gasteiger charge is 2.50. The van der Waals surface area contributed by atoms with Crippen molar-refractivity contribution in [3.8, 4) is 5.75 Å². The number of ether oxygens (including phenoxy) is 2. The number of allylic oxidation sites excluding steroid dienone is 2. The molecule has 1 saturated heterocycles. The van der Waals surface area contributed by atoms with Gasteiger partial charge in [0.1, 0.15) is 24.4 Å². The molecule has 0 aliphatic carbocycles. The minimum Gasteiger partial charge on any atom is -0.497 e. The second-order valence-electron chi connectivity index (χ2n) is 13.3. The topological polar surface area (TPSA) is 98.6 Å². The van der Waals surface area contributed by atoms with Gasteiger partial charge in [0.05, 0.1) is 20.3 Å². The molecule has 0 bridgehead atoms. The summed E-state index contributed by atoms with van der Waals surface area (Å²) < 4.78 is 17.4. The van der Waals surface area contributed by atoms with Crippen LogP contribution in [0.2, 0.25) is 18.1 Å². The first kappa shape index (κ1) is 34.8. The van der Waals surface area contributed by atoms with Crippen LogP contribution in [-0.2, 0) is 25.3 Å². The van der Waals surface area contributed by atoms with Gasteiger partial charge in [-0.15, -0.1) is 0 Å². The molecule has 4 atom stereocenters. The van der Waals surface area contributed by atoms with Crippen LogP contribution in [0.15, 0.2) is 36.4 Å². The fourth-order valence-electron chi connectivity index (χ4n) is 5.47. The van der Waals surface area contributed by atoms with Crippen molar-refractivity contribution in [2.24, 2.45) is 0 Å². The minimum atomic E-state index is -2.16. The van der Waals surface area contributed by atoms with Crippen molar-refractivity contribution in [1.82, 2.24) is 10.2 Å². The molecule has 240 valence electrons. The number of urea groups is 1. The summed E-state index contributed by atoms with van der Waals surface area (Å²) in [7, 11) is -0.522. The highest BCUT2D eigenvalue weighted by Crippen LogP contribution is 2.38. The maximum Gasteiger partial charge on any atom is 0.418 e. The normalized spacial score (nSPS) is 24.8. The summed E-state index contributed by atoms with van der Waals surface area (Å²) in [6.07, 6.45) is 9.38. The first-order chi connectivity index (χ1) is 20.4. The summed E-state index contributed by atoms with van der Waals surface area (Å²) >= 11 is 0. The Morgan fingerprint density at radius 1 is 1.07 bits per heavy atom. The number of hydrogen-bond donors (Lipinski definition) is 2. The van der Waals surface area contributed by atoms with Crippen molar-refractivity contribution in [2.45, 2.75) is 116 Å². The summed E-state index contributed by atoms with van der Waals surface area (Å²) in [6, 6.07) is 6.23. The largest absolute Gasteiger partial charge is 0.497 e. The van der Waals surface area contributed by atoms with E-state index in [1.54, 1.807) is 14.0 Å². The lowest BCUT2D eigenvalue weighted by Gasteiger charge is -2.37. The number of carbonyl (C=O) groups is 3. The van der Waals surface area contributed by atoms with Crippen LogP contribution in [0.5, 0.6) is 5.75 Å². The number of nitrogens with one attached hydrogen (secondary N) is 2. The predicted octanol–water partition coefficient (Wildman–Crippen LogP) is 4.62. The van der Waals surface area contributed by atoms with Gasteiger partial charge in [-0.2, -0.15) is 0 Å². The maximum absolute atomic E-state index is 14.4. The van der Waals surface area contributed by atoms with Crippen LogP contribution in [0.4, 0.5) is 4.79 Å². The third kappa shape index (κ3) is 9.91. The zero-order valence-corrected chi connectivity index (χ0v) is 28.4. The molecular formula is C33H54N3O6Si+. The van der Waals surface area contributed by atoms with Gasteiger partial charge in [0, 0.05) is 13.0 Å².